The number of ether oxygens (including phenoxy) is 2. The minimum Gasteiger partial charge on any atom is -0.489 e. The van der Waals surface area contributed by atoms with Crippen molar-refractivity contribution >= 4 is 5.91 Å². The minimum atomic E-state index is -0.0432. The second-order valence-corrected chi connectivity index (χ2v) is 6.06. The van der Waals surface area contributed by atoms with Crippen LogP contribution in [0.2, 0.25) is 0 Å². The first-order valence-corrected chi connectivity index (χ1v) is 8.65. The number of morpholine rings is 1. The predicted octanol–water partition coefficient (Wildman–Crippen LogP) is 2.26. The molecule has 1 amide bonds. The fraction of sp³-hybridized carbons (Fsp3) is 0.350. The molecule has 0 saturated carbocycles. The maximum atomic E-state index is 12.1. The SMILES string of the molecule is O=C(CC1CNCCO1)NCc1ccccc1OCc1ccccc1. The highest BCUT2D eigenvalue weighted by molar-refractivity contribution is 5.76. The van der Waals surface area contributed by atoms with E-state index in [-0.39, 0.29) is 12.0 Å². The predicted molar refractivity (Wildman–Crippen MR) is 96.3 cm³/mol. The Morgan fingerprint density at radius 2 is 1.96 bits per heavy atom. The molecule has 5 heteroatoms. The summed E-state index contributed by atoms with van der Waals surface area (Å²) in [5.74, 6) is 0.786. The van der Waals surface area contributed by atoms with Crippen LogP contribution in [0.4, 0.5) is 0 Å². The van der Waals surface area contributed by atoms with E-state index in [0.29, 0.717) is 26.2 Å². The van der Waals surface area contributed by atoms with Crippen LogP contribution in [0.5, 0.6) is 5.75 Å². The topological polar surface area (TPSA) is 59.6 Å². The minimum absolute atomic E-state index is 0.00781. The number of amides is 1. The first-order chi connectivity index (χ1) is 12.3. The average molecular weight is 340 g/mol. The number of hydrogen-bond acceptors (Lipinski definition) is 4. The van der Waals surface area contributed by atoms with Crippen LogP contribution in [-0.4, -0.2) is 31.7 Å². The Morgan fingerprint density at radius 1 is 1.16 bits per heavy atom. The van der Waals surface area contributed by atoms with Gasteiger partial charge in [-0.3, -0.25) is 4.79 Å². The van der Waals surface area contributed by atoms with Crippen molar-refractivity contribution in [2.75, 3.05) is 19.7 Å². The molecule has 2 N–H and O–H groups in total. The zero-order chi connectivity index (χ0) is 17.3. The van der Waals surface area contributed by atoms with Gasteiger partial charge in [-0.2, -0.15) is 0 Å². The van der Waals surface area contributed by atoms with Gasteiger partial charge in [-0.05, 0) is 11.6 Å². The molecule has 2 aromatic carbocycles. The van der Waals surface area contributed by atoms with Gasteiger partial charge in [-0.1, -0.05) is 48.5 Å². The summed E-state index contributed by atoms with van der Waals surface area (Å²) in [6.45, 7) is 3.19. The van der Waals surface area contributed by atoms with Gasteiger partial charge < -0.3 is 20.1 Å². The van der Waals surface area contributed by atoms with Crippen molar-refractivity contribution < 1.29 is 14.3 Å². The van der Waals surface area contributed by atoms with E-state index in [1.807, 2.05) is 54.6 Å². The Morgan fingerprint density at radius 3 is 2.76 bits per heavy atom. The largest absolute Gasteiger partial charge is 0.489 e. The van der Waals surface area contributed by atoms with E-state index in [1.165, 1.54) is 0 Å². The van der Waals surface area contributed by atoms with Gasteiger partial charge in [0.1, 0.15) is 12.4 Å². The second-order valence-electron chi connectivity index (χ2n) is 6.06. The van der Waals surface area contributed by atoms with Crippen LogP contribution in [0.1, 0.15) is 17.5 Å². The number of rotatable bonds is 7. The summed E-state index contributed by atoms with van der Waals surface area (Å²) in [5, 5.41) is 6.19. The molecule has 1 fully saturated rings. The molecule has 1 saturated heterocycles. The standard InChI is InChI=1S/C20H24N2O3/c23-20(12-18-14-21-10-11-24-18)22-13-17-8-4-5-9-19(17)25-15-16-6-2-1-3-7-16/h1-9,18,21H,10-15H2,(H,22,23). The van der Waals surface area contributed by atoms with Gasteiger partial charge in [-0.25, -0.2) is 0 Å². The molecule has 1 aliphatic heterocycles. The molecule has 1 atom stereocenters. The van der Waals surface area contributed by atoms with Crippen molar-refractivity contribution in [2.45, 2.75) is 25.7 Å². The number of para-hydroxylation sites is 1. The third kappa shape index (κ3) is 5.59. The number of carbonyl (C=O) groups excluding carboxylic acids is 1. The van der Waals surface area contributed by atoms with E-state index in [1.54, 1.807) is 0 Å². The Labute approximate surface area is 148 Å². The van der Waals surface area contributed by atoms with E-state index in [0.717, 1.165) is 30.0 Å². The molecular formula is C20H24N2O3. The van der Waals surface area contributed by atoms with Crippen LogP contribution in [0.15, 0.2) is 54.6 Å². The molecule has 1 aliphatic rings. The highest BCUT2D eigenvalue weighted by Crippen LogP contribution is 2.19. The van der Waals surface area contributed by atoms with Gasteiger partial charge >= 0.3 is 0 Å². The van der Waals surface area contributed by atoms with Gasteiger partial charge in [0.15, 0.2) is 0 Å². The van der Waals surface area contributed by atoms with Crippen LogP contribution >= 0.6 is 0 Å². The normalized spacial score (nSPS) is 17.0. The van der Waals surface area contributed by atoms with Gasteiger partial charge in [-0.15, -0.1) is 0 Å². The lowest BCUT2D eigenvalue weighted by atomic mass is 10.1. The highest BCUT2D eigenvalue weighted by atomic mass is 16.5. The van der Waals surface area contributed by atoms with Gasteiger partial charge in [0.2, 0.25) is 5.91 Å². The zero-order valence-electron chi connectivity index (χ0n) is 14.2. The van der Waals surface area contributed by atoms with Crippen molar-refractivity contribution in [3.63, 3.8) is 0 Å². The summed E-state index contributed by atoms with van der Waals surface area (Å²) in [5.41, 5.74) is 2.08. The highest BCUT2D eigenvalue weighted by Gasteiger charge is 2.17. The molecule has 25 heavy (non-hydrogen) atoms. The van der Waals surface area contributed by atoms with Crippen molar-refractivity contribution in [1.82, 2.24) is 10.6 Å². The third-order valence-corrected chi connectivity index (χ3v) is 4.10. The number of nitrogens with one attached hydrogen (secondary N) is 2. The van der Waals surface area contributed by atoms with Crippen LogP contribution < -0.4 is 15.4 Å². The van der Waals surface area contributed by atoms with E-state index in [4.69, 9.17) is 9.47 Å². The molecule has 0 aliphatic carbocycles. The van der Waals surface area contributed by atoms with Crippen molar-refractivity contribution in [3.8, 4) is 5.75 Å². The molecule has 1 unspecified atom stereocenters. The Kier molecular flexibility index (Phi) is 6.42. The van der Waals surface area contributed by atoms with Crippen LogP contribution in [0, 0.1) is 0 Å². The summed E-state index contributed by atoms with van der Waals surface area (Å²) in [6, 6.07) is 17.8. The first-order valence-electron chi connectivity index (χ1n) is 8.65. The number of carbonyl (C=O) groups is 1. The summed E-state index contributed by atoms with van der Waals surface area (Å²) < 4.78 is 11.5. The molecule has 1 heterocycles. The fourth-order valence-electron chi connectivity index (χ4n) is 2.75. The average Bonchev–Trinajstić information content (AvgIpc) is 2.67. The molecule has 2 aromatic rings. The lowest BCUT2D eigenvalue weighted by Crippen LogP contribution is -2.41. The first kappa shape index (κ1) is 17.5. The van der Waals surface area contributed by atoms with E-state index in [2.05, 4.69) is 10.6 Å². The molecule has 3 rings (SSSR count). The maximum Gasteiger partial charge on any atom is 0.222 e. The second kappa shape index (κ2) is 9.20. The summed E-state index contributed by atoms with van der Waals surface area (Å²) in [4.78, 5) is 12.1. The molecular weight excluding hydrogens is 316 g/mol. The van der Waals surface area contributed by atoms with Gasteiger partial charge in [0.25, 0.3) is 0 Å². The molecule has 0 radical (unpaired) electrons. The van der Waals surface area contributed by atoms with Crippen molar-refractivity contribution in [2.24, 2.45) is 0 Å². The molecule has 0 spiro atoms. The fourth-order valence-corrected chi connectivity index (χ4v) is 2.75. The van der Waals surface area contributed by atoms with Crippen molar-refractivity contribution in [3.05, 3.63) is 65.7 Å². The van der Waals surface area contributed by atoms with E-state index >= 15 is 0 Å². The lowest BCUT2D eigenvalue weighted by Gasteiger charge is -2.23. The van der Waals surface area contributed by atoms with E-state index in [9.17, 15) is 4.79 Å². The van der Waals surface area contributed by atoms with Gasteiger partial charge in [0, 0.05) is 25.2 Å². The van der Waals surface area contributed by atoms with Crippen LogP contribution in [0.3, 0.4) is 0 Å². The molecule has 0 bridgehead atoms. The number of hydrogen-bond donors (Lipinski definition) is 2. The zero-order valence-corrected chi connectivity index (χ0v) is 14.2. The van der Waals surface area contributed by atoms with E-state index < -0.39 is 0 Å². The Hall–Kier alpha value is -2.37. The Balaban J connectivity index is 1.51. The van der Waals surface area contributed by atoms with Gasteiger partial charge in [0.05, 0.1) is 19.1 Å². The summed E-state index contributed by atoms with van der Waals surface area (Å²) in [6.07, 6.45) is 0.332. The lowest BCUT2D eigenvalue weighted by molar-refractivity contribution is -0.124. The number of benzene rings is 2. The Bertz CT molecular complexity index is 670. The summed E-state index contributed by atoms with van der Waals surface area (Å²) in [7, 11) is 0. The third-order valence-electron chi connectivity index (χ3n) is 4.10. The van der Waals surface area contributed by atoms with Crippen molar-refractivity contribution in [1.29, 1.82) is 0 Å². The molecule has 0 aromatic heterocycles. The maximum absolute atomic E-state index is 12.1. The summed E-state index contributed by atoms with van der Waals surface area (Å²) >= 11 is 0. The smallest absolute Gasteiger partial charge is 0.222 e. The molecule has 132 valence electrons. The van der Waals surface area contributed by atoms with Crippen LogP contribution in [0.25, 0.3) is 0 Å². The van der Waals surface area contributed by atoms with Crippen LogP contribution in [-0.2, 0) is 22.7 Å². The molecule has 5 nitrogen and oxygen atoms in total. The monoisotopic (exact) mass is 340 g/mol. The quantitative estimate of drug-likeness (QED) is 0.812.